The number of hydrogen-bond donors (Lipinski definition) is 1. The van der Waals surface area contributed by atoms with Crippen LogP contribution in [0.2, 0.25) is 0 Å². The van der Waals surface area contributed by atoms with Crippen molar-refractivity contribution in [2.45, 2.75) is 32.2 Å². The molecule has 6 nitrogen and oxygen atoms in total. The number of thiophene rings is 1. The Balaban J connectivity index is 1.73. The molecular formula is C19H18FN3O3S. The minimum absolute atomic E-state index is 0.256. The van der Waals surface area contributed by atoms with E-state index in [4.69, 9.17) is 0 Å². The summed E-state index contributed by atoms with van der Waals surface area (Å²) in [6.07, 6.45) is 2.10. The summed E-state index contributed by atoms with van der Waals surface area (Å²) in [6, 6.07) is 7.00. The van der Waals surface area contributed by atoms with E-state index >= 15 is 0 Å². The highest BCUT2D eigenvalue weighted by Crippen LogP contribution is 2.32. The summed E-state index contributed by atoms with van der Waals surface area (Å²) in [7, 11) is 0. The van der Waals surface area contributed by atoms with E-state index in [2.05, 4.69) is 5.10 Å². The van der Waals surface area contributed by atoms with Gasteiger partial charge in [0.25, 0.3) is 5.91 Å². The van der Waals surface area contributed by atoms with E-state index in [-0.39, 0.29) is 11.7 Å². The minimum atomic E-state index is -0.960. The molecule has 3 aromatic rings. The topological polar surface area (TPSA) is 75.4 Å². The highest BCUT2D eigenvalue weighted by atomic mass is 32.1. The molecule has 0 radical (unpaired) electrons. The lowest BCUT2D eigenvalue weighted by Crippen LogP contribution is -2.47. The molecule has 1 aliphatic heterocycles. The van der Waals surface area contributed by atoms with Crippen molar-refractivity contribution in [3.8, 4) is 5.69 Å². The van der Waals surface area contributed by atoms with Crippen molar-refractivity contribution in [1.82, 2.24) is 14.7 Å². The van der Waals surface area contributed by atoms with E-state index in [0.717, 1.165) is 28.8 Å². The number of aliphatic carboxylic acids is 1. The maximum Gasteiger partial charge on any atom is 0.326 e. The second-order valence-corrected chi connectivity index (χ2v) is 7.68. The fraction of sp³-hybridized carbons (Fsp3) is 0.316. The fourth-order valence-corrected chi connectivity index (χ4v) is 4.62. The van der Waals surface area contributed by atoms with Crippen LogP contribution in [0.25, 0.3) is 15.9 Å². The van der Waals surface area contributed by atoms with Gasteiger partial charge in [-0.2, -0.15) is 5.10 Å². The molecule has 1 fully saturated rings. The molecular weight excluding hydrogens is 369 g/mol. The van der Waals surface area contributed by atoms with E-state index in [9.17, 15) is 19.1 Å². The lowest BCUT2D eigenvalue weighted by atomic mass is 10.0. The first-order valence-electron chi connectivity index (χ1n) is 8.74. The Morgan fingerprint density at radius 2 is 2.00 bits per heavy atom. The third kappa shape index (κ3) is 3.10. The van der Waals surface area contributed by atoms with E-state index in [1.54, 1.807) is 22.9 Å². The molecule has 0 unspecified atom stereocenters. The number of aryl methyl sites for hydroxylation is 1. The van der Waals surface area contributed by atoms with Gasteiger partial charge in [0.15, 0.2) is 0 Å². The van der Waals surface area contributed by atoms with Crippen molar-refractivity contribution < 1.29 is 19.1 Å². The number of halogens is 1. The molecule has 3 heterocycles. The summed E-state index contributed by atoms with van der Waals surface area (Å²) in [6.45, 7) is 2.30. The molecule has 27 heavy (non-hydrogen) atoms. The minimum Gasteiger partial charge on any atom is -0.480 e. The Hall–Kier alpha value is -2.74. The Morgan fingerprint density at radius 3 is 2.70 bits per heavy atom. The Bertz CT molecular complexity index is 1020. The standard InChI is InChI=1S/C19H18FN3O3S/c1-11-14-10-16(17(24)22-9-3-2-4-15(22)19(25)26)27-18(14)23(21-11)13-7-5-12(20)6-8-13/h5-8,10,15H,2-4,9H2,1H3,(H,25,26)/t15-/m1/s1. The highest BCUT2D eigenvalue weighted by molar-refractivity contribution is 7.20. The average Bonchev–Trinajstić information content (AvgIpc) is 3.23. The number of carboxylic acid groups (broad SMARTS) is 1. The average molecular weight is 387 g/mol. The van der Waals surface area contributed by atoms with Crippen LogP contribution in [0, 0.1) is 12.7 Å². The van der Waals surface area contributed by atoms with Gasteiger partial charge >= 0.3 is 5.97 Å². The number of benzene rings is 1. The summed E-state index contributed by atoms with van der Waals surface area (Å²) in [5, 5.41) is 14.8. The molecule has 1 atom stereocenters. The van der Waals surface area contributed by atoms with Crippen molar-refractivity contribution in [1.29, 1.82) is 0 Å². The maximum atomic E-state index is 13.2. The monoisotopic (exact) mass is 387 g/mol. The van der Waals surface area contributed by atoms with Crippen LogP contribution in [-0.4, -0.2) is 44.3 Å². The van der Waals surface area contributed by atoms with Gasteiger partial charge < -0.3 is 10.0 Å². The van der Waals surface area contributed by atoms with E-state index in [1.165, 1.54) is 28.4 Å². The number of carbonyl (C=O) groups is 2. The molecule has 1 amide bonds. The van der Waals surface area contributed by atoms with E-state index in [0.29, 0.717) is 23.5 Å². The number of amides is 1. The van der Waals surface area contributed by atoms with Crippen molar-refractivity contribution in [2.75, 3.05) is 6.54 Å². The third-order valence-corrected chi connectivity index (χ3v) is 5.97. The zero-order valence-corrected chi connectivity index (χ0v) is 15.5. The first-order valence-corrected chi connectivity index (χ1v) is 9.56. The van der Waals surface area contributed by atoms with Crippen molar-refractivity contribution in [3.05, 3.63) is 46.7 Å². The number of aromatic nitrogens is 2. The van der Waals surface area contributed by atoms with Crippen LogP contribution < -0.4 is 0 Å². The van der Waals surface area contributed by atoms with Gasteiger partial charge in [0.05, 0.1) is 16.3 Å². The normalized spacial score (nSPS) is 17.4. The van der Waals surface area contributed by atoms with Crippen LogP contribution in [0.3, 0.4) is 0 Å². The molecule has 0 saturated carbocycles. The number of fused-ring (bicyclic) bond motifs is 1. The van der Waals surface area contributed by atoms with Gasteiger partial charge in [0.1, 0.15) is 16.7 Å². The van der Waals surface area contributed by atoms with Crippen LogP contribution in [-0.2, 0) is 4.79 Å². The number of carbonyl (C=O) groups excluding carboxylic acids is 1. The fourth-order valence-electron chi connectivity index (χ4n) is 3.48. The molecule has 1 saturated heterocycles. The molecule has 1 aliphatic rings. The molecule has 1 aromatic carbocycles. The summed E-state index contributed by atoms with van der Waals surface area (Å²) in [5.41, 5.74) is 1.47. The molecule has 4 rings (SSSR count). The number of hydrogen-bond acceptors (Lipinski definition) is 4. The van der Waals surface area contributed by atoms with Gasteiger partial charge in [0, 0.05) is 11.9 Å². The first kappa shape index (κ1) is 17.7. The number of piperidine rings is 1. The zero-order chi connectivity index (χ0) is 19.1. The van der Waals surface area contributed by atoms with Gasteiger partial charge in [-0.25, -0.2) is 13.9 Å². The summed E-state index contributed by atoms with van der Waals surface area (Å²) in [4.78, 5) is 27.2. The molecule has 1 N–H and O–H groups in total. The Kier molecular flexibility index (Phi) is 4.43. The first-order chi connectivity index (χ1) is 13.0. The Labute approximate surface area is 158 Å². The number of likely N-dealkylation sites (tertiary alicyclic amines) is 1. The predicted molar refractivity (Wildman–Crippen MR) is 100.0 cm³/mol. The lowest BCUT2D eigenvalue weighted by molar-refractivity contribution is -0.143. The molecule has 0 spiro atoms. The highest BCUT2D eigenvalue weighted by Gasteiger charge is 2.33. The van der Waals surface area contributed by atoms with E-state index in [1.807, 2.05) is 6.92 Å². The largest absolute Gasteiger partial charge is 0.480 e. The second kappa shape index (κ2) is 6.77. The van der Waals surface area contributed by atoms with Crippen molar-refractivity contribution in [2.24, 2.45) is 0 Å². The van der Waals surface area contributed by atoms with Gasteiger partial charge in [-0.1, -0.05) is 0 Å². The molecule has 2 aromatic heterocycles. The number of carboxylic acids is 1. The summed E-state index contributed by atoms with van der Waals surface area (Å²) < 4.78 is 14.9. The SMILES string of the molecule is Cc1nn(-c2ccc(F)cc2)c2sc(C(=O)N3CCCC[C@@H]3C(=O)O)cc12. The van der Waals surface area contributed by atoms with Gasteiger partial charge in [-0.15, -0.1) is 11.3 Å². The van der Waals surface area contributed by atoms with Gasteiger partial charge in [-0.3, -0.25) is 4.79 Å². The molecule has 140 valence electrons. The number of nitrogens with zero attached hydrogens (tertiary/aromatic N) is 3. The zero-order valence-electron chi connectivity index (χ0n) is 14.7. The van der Waals surface area contributed by atoms with Gasteiger partial charge in [-0.05, 0) is 56.5 Å². The molecule has 0 bridgehead atoms. The third-order valence-electron chi connectivity index (χ3n) is 4.88. The summed E-state index contributed by atoms with van der Waals surface area (Å²) >= 11 is 1.28. The molecule has 8 heteroatoms. The van der Waals surface area contributed by atoms with Crippen molar-refractivity contribution in [3.63, 3.8) is 0 Å². The molecule has 0 aliphatic carbocycles. The maximum absolute atomic E-state index is 13.2. The quantitative estimate of drug-likeness (QED) is 0.745. The summed E-state index contributed by atoms with van der Waals surface area (Å²) in [5.74, 6) is -1.54. The smallest absolute Gasteiger partial charge is 0.326 e. The van der Waals surface area contributed by atoms with Crippen molar-refractivity contribution >= 4 is 33.4 Å². The van der Waals surface area contributed by atoms with Gasteiger partial charge in [0.2, 0.25) is 0 Å². The van der Waals surface area contributed by atoms with Crippen LogP contribution in [0.15, 0.2) is 30.3 Å². The number of rotatable bonds is 3. The Morgan fingerprint density at radius 1 is 1.26 bits per heavy atom. The van der Waals surface area contributed by atoms with Crippen LogP contribution >= 0.6 is 11.3 Å². The van der Waals surface area contributed by atoms with Crippen LogP contribution in [0.4, 0.5) is 4.39 Å². The predicted octanol–water partition coefficient (Wildman–Crippen LogP) is 3.61. The second-order valence-electron chi connectivity index (χ2n) is 6.65. The van der Waals surface area contributed by atoms with Crippen LogP contribution in [0.1, 0.15) is 34.6 Å². The van der Waals surface area contributed by atoms with E-state index < -0.39 is 12.0 Å². The lowest BCUT2D eigenvalue weighted by Gasteiger charge is -2.32. The van der Waals surface area contributed by atoms with Crippen LogP contribution in [0.5, 0.6) is 0 Å².